The van der Waals surface area contributed by atoms with Crippen LogP contribution in [0.2, 0.25) is 0 Å². The Hall–Kier alpha value is -2.82. The molecule has 0 unspecified atom stereocenters. The predicted molar refractivity (Wildman–Crippen MR) is 100 cm³/mol. The second-order valence-corrected chi connectivity index (χ2v) is 6.77. The summed E-state index contributed by atoms with van der Waals surface area (Å²) in [4.78, 5) is 27.4. The van der Waals surface area contributed by atoms with Crippen LogP contribution in [0, 0.1) is 0 Å². The molecule has 1 aliphatic rings. The molecule has 1 heterocycles. The standard InChI is InChI=1S/C21H24N2O3/c1-22(2)14-17-11-7-10-16-12-18(21(25)26-3)23(19(16)20(17)24)13-15-8-5-4-6-9-15/h4-6,8-9,12,14H,7,10-11,13H2,1-3H3. The van der Waals surface area contributed by atoms with Gasteiger partial charge >= 0.3 is 5.97 Å². The van der Waals surface area contributed by atoms with Crippen LogP contribution >= 0.6 is 0 Å². The van der Waals surface area contributed by atoms with Gasteiger partial charge in [-0.05, 0) is 36.5 Å². The van der Waals surface area contributed by atoms with E-state index in [1.54, 1.807) is 0 Å². The Bertz CT molecular complexity index is 848. The molecule has 0 atom stereocenters. The molecule has 1 aromatic carbocycles. The Labute approximate surface area is 153 Å². The molecule has 0 spiro atoms. The number of Topliss-reactive ketones (excluding diaryl/α,β-unsaturated/α-hetero) is 1. The van der Waals surface area contributed by atoms with Gasteiger partial charge in [0.05, 0.1) is 12.8 Å². The molecular formula is C21H24N2O3. The zero-order chi connectivity index (χ0) is 18.7. The maximum absolute atomic E-state index is 13.2. The number of fused-ring (bicyclic) bond motifs is 1. The first-order valence-corrected chi connectivity index (χ1v) is 8.77. The fourth-order valence-electron chi connectivity index (χ4n) is 3.44. The van der Waals surface area contributed by atoms with Crippen LogP contribution in [-0.2, 0) is 17.7 Å². The first kappa shape index (κ1) is 18.0. The van der Waals surface area contributed by atoms with Crippen LogP contribution in [0.5, 0.6) is 0 Å². The van der Waals surface area contributed by atoms with Crippen LogP contribution in [0.3, 0.4) is 0 Å². The molecule has 0 amide bonds. The lowest BCUT2D eigenvalue weighted by atomic mass is 10.1. The molecule has 0 fully saturated rings. The number of allylic oxidation sites excluding steroid dienone is 1. The van der Waals surface area contributed by atoms with Gasteiger partial charge in [0, 0.05) is 32.4 Å². The van der Waals surface area contributed by atoms with Gasteiger partial charge < -0.3 is 14.2 Å². The number of benzene rings is 1. The molecule has 0 saturated heterocycles. The van der Waals surface area contributed by atoms with Crippen molar-refractivity contribution in [2.75, 3.05) is 21.2 Å². The van der Waals surface area contributed by atoms with Gasteiger partial charge in [0.1, 0.15) is 5.69 Å². The Morgan fingerprint density at radius 3 is 2.62 bits per heavy atom. The molecule has 0 saturated carbocycles. The molecule has 1 aromatic heterocycles. The van der Waals surface area contributed by atoms with Crippen molar-refractivity contribution in [3.05, 3.63) is 70.7 Å². The first-order chi connectivity index (χ1) is 12.5. The number of carbonyl (C=O) groups is 2. The molecule has 5 nitrogen and oxygen atoms in total. The molecule has 1 aliphatic carbocycles. The summed E-state index contributed by atoms with van der Waals surface area (Å²) in [6.45, 7) is 0.460. The van der Waals surface area contributed by atoms with E-state index in [0.29, 0.717) is 17.9 Å². The molecule has 2 aromatic rings. The third-order valence-electron chi connectivity index (χ3n) is 4.57. The van der Waals surface area contributed by atoms with Crippen molar-refractivity contribution in [3.8, 4) is 0 Å². The minimum Gasteiger partial charge on any atom is -0.464 e. The molecule has 0 radical (unpaired) electrons. The van der Waals surface area contributed by atoms with Crippen molar-refractivity contribution in [2.24, 2.45) is 0 Å². The zero-order valence-electron chi connectivity index (χ0n) is 15.5. The SMILES string of the molecule is COC(=O)c1cc2c(n1Cc1ccccc1)C(=O)C(=CN(C)C)CCC2. The second kappa shape index (κ2) is 7.60. The van der Waals surface area contributed by atoms with Crippen molar-refractivity contribution < 1.29 is 14.3 Å². The van der Waals surface area contributed by atoms with E-state index in [9.17, 15) is 9.59 Å². The molecule has 0 N–H and O–H groups in total. The average molecular weight is 352 g/mol. The van der Waals surface area contributed by atoms with E-state index in [1.165, 1.54) is 7.11 Å². The minimum absolute atomic E-state index is 0.00251. The van der Waals surface area contributed by atoms with E-state index in [-0.39, 0.29) is 5.78 Å². The molecule has 26 heavy (non-hydrogen) atoms. The number of hydrogen-bond donors (Lipinski definition) is 0. The highest BCUT2D eigenvalue weighted by atomic mass is 16.5. The third kappa shape index (κ3) is 3.57. The van der Waals surface area contributed by atoms with Gasteiger partial charge in [0.2, 0.25) is 5.78 Å². The zero-order valence-corrected chi connectivity index (χ0v) is 15.5. The maximum Gasteiger partial charge on any atom is 0.354 e. The number of nitrogens with zero attached hydrogens (tertiary/aromatic N) is 2. The van der Waals surface area contributed by atoms with Crippen molar-refractivity contribution >= 4 is 11.8 Å². The van der Waals surface area contributed by atoms with Gasteiger partial charge in [-0.3, -0.25) is 4.79 Å². The van der Waals surface area contributed by atoms with Gasteiger partial charge in [-0.15, -0.1) is 0 Å². The number of aromatic nitrogens is 1. The van der Waals surface area contributed by atoms with E-state index in [0.717, 1.165) is 36.0 Å². The van der Waals surface area contributed by atoms with Gasteiger partial charge in [-0.2, -0.15) is 0 Å². The first-order valence-electron chi connectivity index (χ1n) is 8.77. The maximum atomic E-state index is 13.2. The normalized spacial score (nSPS) is 15.5. The highest BCUT2D eigenvalue weighted by Crippen LogP contribution is 2.28. The van der Waals surface area contributed by atoms with E-state index in [4.69, 9.17) is 4.74 Å². The van der Waals surface area contributed by atoms with Crippen LogP contribution in [0.25, 0.3) is 0 Å². The minimum atomic E-state index is -0.417. The Balaban J connectivity index is 2.13. The average Bonchev–Trinajstić information content (AvgIpc) is 2.90. The van der Waals surface area contributed by atoms with Crippen molar-refractivity contribution in [1.82, 2.24) is 9.47 Å². The topological polar surface area (TPSA) is 51.5 Å². The van der Waals surface area contributed by atoms with E-state index >= 15 is 0 Å². The summed E-state index contributed by atoms with van der Waals surface area (Å²) in [6, 6.07) is 11.7. The summed E-state index contributed by atoms with van der Waals surface area (Å²) in [5.41, 5.74) is 3.78. The quantitative estimate of drug-likeness (QED) is 0.481. The number of methoxy groups -OCH3 is 1. The summed E-state index contributed by atoms with van der Waals surface area (Å²) in [7, 11) is 5.19. The highest BCUT2D eigenvalue weighted by molar-refractivity contribution is 6.10. The number of hydrogen-bond acceptors (Lipinski definition) is 4. The Kier molecular flexibility index (Phi) is 5.26. The number of esters is 1. The lowest BCUT2D eigenvalue weighted by Gasteiger charge is -2.14. The summed E-state index contributed by atoms with van der Waals surface area (Å²) in [5.74, 6) is -0.419. The summed E-state index contributed by atoms with van der Waals surface area (Å²) in [5, 5.41) is 0. The van der Waals surface area contributed by atoms with Crippen LogP contribution in [0.15, 0.2) is 48.2 Å². The second-order valence-electron chi connectivity index (χ2n) is 6.77. The molecular weight excluding hydrogens is 328 g/mol. The smallest absolute Gasteiger partial charge is 0.354 e. The van der Waals surface area contributed by atoms with Crippen molar-refractivity contribution in [3.63, 3.8) is 0 Å². The van der Waals surface area contributed by atoms with Crippen LogP contribution in [0.1, 0.15) is 44.9 Å². The summed E-state index contributed by atoms with van der Waals surface area (Å²) < 4.78 is 6.77. The number of ether oxygens (including phenoxy) is 1. The third-order valence-corrected chi connectivity index (χ3v) is 4.57. The fourth-order valence-corrected chi connectivity index (χ4v) is 3.44. The molecule has 3 rings (SSSR count). The lowest BCUT2D eigenvalue weighted by Crippen LogP contribution is -2.18. The van der Waals surface area contributed by atoms with Gasteiger partial charge in [0.25, 0.3) is 0 Å². The van der Waals surface area contributed by atoms with Crippen molar-refractivity contribution in [1.29, 1.82) is 0 Å². The van der Waals surface area contributed by atoms with E-state index in [2.05, 4.69) is 0 Å². The molecule has 0 aliphatic heterocycles. The Morgan fingerprint density at radius 2 is 1.96 bits per heavy atom. The lowest BCUT2D eigenvalue weighted by molar-refractivity contribution is 0.0589. The number of ketones is 1. The van der Waals surface area contributed by atoms with E-state index in [1.807, 2.05) is 66.2 Å². The molecule has 0 bridgehead atoms. The fraction of sp³-hybridized carbons (Fsp3) is 0.333. The molecule has 136 valence electrons. The van der Waals surface area contributed by atoms with Crippen LogP contribution < -0.4 is 0 Å². The largest absolute Gasteiger partial charge is 0.464 e. The van der Waals surface area contributed by atoms with Crippen molar-refractivity contribution in [2.45, 2.75) is 25.8 Å². The molecule has 5 heteroatoms. The number of rotatable bonds is 4. The van der Waals surface area contributed by atoms with Crippen LogP contribution in [-0.4, -0.2) is 42.4 Å². The predicted octanol–water partition coefficient (Wildman–Crippen LogP) is 3.29. The Morgan fingerprint density at radius 1 is 1.23 bits per heavy atom. The number of carbonyl (C=O) groups excluding carboxylic acids is 2. The number of aryl methyl sites for hydroxylation is 1. The van der Waals surface area contributed by atoms with E-state index < -0.39 is 5.97 Å². The van der Waals surface area contributed by atoms with Gasteiger partial charge in [-0.1, -0.05) is 30.3 Å². The summed E-state index contributed by atoms with van der Waals surface area (Å²) >= 11 is 0. The monoisotopic (exact) mass is 352 g/mol. The van der Waals surface area contributed by atoms with Gasteiger partial charge in [0.15, 0.2) is 0 Å². The van der Waals surface area contributed by atoms with Crippen LogP contribution in [0.4, 0.5) is 0 Å². The summed E-state index contributed by atoms with van der Waals surface area (Å²) in [6.07, 6.45) is 4.28. The van der Waals surface area contributed by atoms with Gasteiger partial charge in [-0.25, -0.2) is 4.79 Å². The highest BCUT2D eigenvalue weighted by Gasteiger charge is 2.29.